The average molecular weight is 435 g/mol. The number of nitrogens with two attached hydrogens (primary N) is 1. The molecule has 3 aromatic rings. The van der Waals surface area contributed by atoms with Crippen molar-refractivity contribution in [3.05, 3.63) is 36.0 Å². The lowest BCUT2D eigenvalue weighted by atomic mass is 10.1. The van der Waals surface area contributed by atoms with Gasteiger partial charge in [-0.2, -0.15) is 0 Å². The van der Waals surface area contributed by atoms with Gasteiger partial charge in [0.2, 0.25) is 11.8 Å². The van der Waals surface area contributed by atoms with Gasteiger partial charge in [-0.05, 0) is 36.6 Å². The molecule has 2 aromatic heterocycles. The van der Waals surface area contributed by atoms with Crippen LogP contribution in [0.25, 0.3) is 23.0 Å². The molecule has 1 aliphatic carbocycles. The quantitative estimate of drug-likeness (QED) is 0.589. The molecule has 2 aliphatic rings. The first-order chi connectivity index (χ1) is 15.5. The van der Waals surface area contributed by atoms with Crippen LogP contribution < -0.4 is 16.0 Å². The number of nitrogens with zero attached hydrogens (tertiary/aromatic N) is 6. The maximum absolute atomic E-state index is 12.2. The monoisotopic (exact) mass is 434 g/mol. The third kappa shape index (κ3) is 3.56. The third-order valence-electron chi connectivity index (χ3n) is 6.24. The Morgan fingerprint density at radius 3 is 2.53 bits per heavy atom. The van der Waals surface area contributed by atoms with E-state index in [1.165, 1.54) is 0 Å². The van der Waals surface area contributed by atoms with Gasteiger partial charge in [0.25, 0.3) is 5.89 Å². The van der Waals surface area contributed by atoms with Crippen molar-refractivity contribution in [3.8, 4) is 23.0 Å². The summed E-state index contributed by atoms with van der Waals surface area (Å²) < 4.78 is 5.87. The summed E-state index contributed by atoms with van der Waals surface area (Å²) in [5.74, 6) is 2.64. The fourth-order valence-corrected chi connectivity index (χ4v) is 4.48. The van der Waals surface area contributed by atoms with Gasteiger partial charge in [0.1, 0.15) is 5.82 Å². The van der Waals surface area contributed by atoms with E-state index in [0.717, 1.165) is 30.8 Å². The van der Waals surface area contributed by atoms with E-state index in [9.17, 15) is 4.79 Å². The van der Waals surface area contributed by atoms with Crippen LogP contribution in [0.4, 0.5) is 11.6 Å². The van der Waals surface area contributed by atoms with E-state index in [1.807, 2.05) is 31.3 Å². The second kappa shape index (κ2) is 7.86. The molecule has 10 nitrogen and oxygen atoms in total. The second-order valence-electron chi connectivity index (χ2n) is 8.59. The summed E-state index contributed by atoms with van der Waals surface area (Å²) in [6.07, 6.45) is 1.66. The fourth-order valence-electron chi connectivity index (χ4n) is 4.48. The summed E-state index contributed by atoms with van der Waals surface area (Å²) in [7, 11) is 5.52. The van der Waals surface area contributed by atoms with Crippen molar-refractivity contribution in [2.75, 3.05) is 44.9 Å². The van der Waals surface area contributed by atoms with Crippen LogP contribution in [0.1, 0.15) is 5.56 Å². The number of benzene rings is 1. The molecule has 5 rings (SSSR count). The van der Waals surface area contributed by atoms with Crippen LogP contribution in [0.3, 0.4) is 0 Å². The molecule has 2 fully saturated rings. The molecule has 0 spiro atoms. The maximum Gasteiger partial charge on any atom is 0.270 e. The van der Waals surface area contributed by atoms with Crippen LogP contribution in [-0.4, -0.2) is 65.2 Å². The van der Waals surface area contributed by atoms with Crippen molar-refractivity contribution in [2.24, 2.45) is 17.8 Å². The van der Waals surface area contributed by atoms with E-state index < -0.39 is 0 Å². The number of nitrogen functional groups attached to an aromatic ring is 1. The van der Waals surface area contributed by atoms with Gasteiger partial charge in [0.15, 0.2) is 11.5 Å². The number of hydrogen-bond donors (Lipinski definition) is 2. The minimum absolute atomic E-state index is 0.125. The van der Waals surface area contributed by atoms with Crippen molar-refractivity contribution in [3.63, 3.8) is 0 Å². The number of fused-ring (bicyclic) bond motifs is 1. The standard InChI is InChI=1S/C22H26N8O2/c1-24-8-12-4-6-13(7-5-12)20-27-28-21(32-20)18-19(23)25-9-16(26-18)30-10-14-15(11-30)17(14)22(31)29(2)3/h4-7,9,14-15,17,24H,8,10-11H2,1-3H3,(H2,23,25). The van der Waals surface area contributed by atoms with E-state index >= 15 is 0 Å². The number of anilines is 2. The smallest absolute Gasteiger partial charge is 0.270 e. The van der Waals surface area contributed by atoms with E-state index in [-0.39, 0.29) is 23.5 Å². The van der Waals surface area contributed by atoms with Crippen LogP contribution in [0.15, 0.2) is 34.9 Å². The highest BCUT2D eigenvalue weighted by Crippen LogP contribution is 2.53. The second-order valence-corrected chi connectivity index (χ2v) is 8.59. The number of carbonyl (C=O) groups excluding carboxylic acids is 1. The Labute approximate surface area is 185 Å². The van der Waals surface area contributed by atoms with Gasteiger partial charge in [0.05, 0.1) is 6.20 Å². The molecule has 10 heteroatoms. The molecule has 3 heterocycles. The molecule has 1 aliphatic heterocycles. The molecule has 2 atom stereocenters. The van der Waals surface area contributed by atoms with Crippen molar-refractivity contribution in [1.82, 2.24) is 30.4 Å². The number of nitrogens with one attached hydrogen (secondary N) is 1. The Balaban J connectivity index is 1.33. The van der Waals surface area contributed by atoms with Gasteiger partial charge in [-0.15, -0.1) is 10.2 Å². The van der Waals surface area contributed by atoms with Crippen molar-refractivity contribution in [1.29, 1.82) is 0 Å². The summed E-state index contributed by atoms with van der Waals surface area (Å²) in [5.41, 5.74) is 8.43. The Morgan fingerprint density at radius 1 is 1.19 bits per heavy atom. The molecular formula is C22H26N8O2. The molecule has 1 saturated carbocycles. The molecule has 166 valence electrons. The normalized spacial score (nSPS) is 21.5. The minimum atomic E-state index is 0.125. The number of rotatable bonds is 6. The highest BCUT2D eigenvalue weighted by atomic mass is 16.4. The highest BCUT2D eigenvalue weighted by molar-refractivity contribution is 5.82. The van der Waals surface area contributed by atoms with Crippen LogP contribution in [-0.2, 0) is 11.3 Å². The molecule has 2 unspecified atom stereocenters. The highest BCUT2D eigenvalue weighted by Gasteiger charge is 2.60. The molecule has 1 amide bonds. The van der Waals surface area contributed by atoms with Gasteiger partial charge in [-0.3, -0.25) is 4.79 Å². The zero-order chi connectivity index (χ0) is 22.4. The number of amides is 1. The van der Waals surface area contributed by atoms with Crippen LogP contribution in [0.2, 0.25) is 0 Å². The summed E-state index contributed by atoms with van der Waals surface area (Å²) in [4.78, 5) is 25.0. The van der Waals surface area contributed by atoms with Gasteiger partial charge in [-0.25, -0.2) is 9.97 Å². The summed E-state index contributed by atoms with van der Waals surface area (Å²) in [6, 6.07) is 7.91. The fraction of sp³-hybridized carbons (Fsp3) is 0.409. The zero-order valence-electron chi connectivity index (χ0n) is 18.3. The lowest BCUT2D eigenvalue weighted by Gasteiger charge is -2.21. The minimum Gasteiger partial charge on any atom is -0.414 e. The molecule has 1 saturated heterocycles. The lowest BCUT2D eigenvalue weighted by molar-refractivity contribution is -0.130. The topological polar surface area (TPSA) is 126 Å². The summed E-state index contributed by atoms with van der Waals surface area (Å²) in [6.45, 7) is 2.35. The van der Waals surface area contributed by atoms with Gasteiger partial charge in [-0.1, -0.05) is 12.1 Å². The largest absolute Gasteiger partial charge is 0.414 e. The van der Waals surface area contributed by atoms with E-state index in [1.54, 1.807) is 25.2 Å². The number of carbonyl (C=O) groups is 1. The zero-order valence-corrected chi connectivity index (χ0v) is 18.3. The molecular weight excluding hydrogens is 408 g/mol. The Hall–Kier alpha value is -3.53. The number of hydrogen-bond acceptors (Lipinski definition) is 9. The first kappa shape index (κ1) is 20.4. The number of aromatic nitrogens is 4. The molecule has 0 radical (unpaired) electrons. The van der Waals surface area contributed by atoms with Crippen molar-refractivity contribution in [2.45, 2.75) is 6.54 Å². The molecule has 0 bridgehead atoms. The Kier molecular flexibility index (Phi) is 5.01. The predicted molar refractivity (Wildman–Crippen MR) is 119 cm³/mol. The van der Waals surface area contributed by atoms with E-state index in [4.69, 9.17) is 10.2 Å². The van der Waals surface area contributed by atoms with Crippen LogP contribution in [0.5, 0.6) is 0 Å². The molecule has 1 aromatic carbocycles. The van der Waals surface area contributed by atoms with Crippen LogP contribution >= 0.6 is 0 Å². The Bertz CT molecular complexity index is 1130. The summed E-state index contributed by atoms with van der Waals surface area (Å²) >= 11 is 0. The predicted octanol–water partition coefficient (Wildman–Crippen LogP) is 1.27. The van der Waals surface area contributed by atoms with Crippen molar-refractivity contribution >= 4 is 17.5 Å². The lowest BCUT2D eigenvalue weighted by Crippen LogP contribution is -2.31. The van der Waals surface area contributed by atoms with Crippen LogP contribution in [0, 0.1) is 17.8 Å². The third-order valence-corrected chi connectivity index (χ3v) is 6.24. The van der Waals surface area contributed by atoms with Gasteiger partial charge < -0.3 is 25.3 Å². The summed E-state index contributed by atoms with van der Waals surface area (Å²) in [5, 5.41) is 11.4. The molecule has 32 heavy (non-hydrogen) atoms. The van der Waals surface area contributed by atoms with E-state index in [2.05, 4.69) is 30.4 Å². The van der Waals surface area contributed by atoms with Gasteiger partial charge >= 0.3 is 0 Å². The van der Waals surface area contributed by atoms with Crippen molar-refractivity contribution < 1.29 is 9.21 Å². The molecule has 3 N–H and O–H groups in total. The van der Waals surface area contributed by atoms with E-state index in [0.29, 0.717) is 29.2 Å². The average Bonchev–Trinajstić information content (AvgIpc) is 3.13. The first-order valence-electron chi connectivity index (χ1n) is 10.6. The SMILES string of the molecule is CNCc1ccc(-c2nnc(-c3nc(N4CC5C(C4)C5C(=O)N(C)C)cnc3N)o2)cc1. The first-order valence-corrected chi connectivity index (χ1v) is 10.6. The Morgan fingerprint density at radius 2 is 1.88 bits per heavy atom. The van der Waals surface area contributed by atoms with Gasteiger partial charge in [0, 0.05) is 45.2 Å². The maximum atomic E-state index is 12.2. The number of piperidine rings is 1.